The molecule has 1 aliphatic rings. The van der Waals surface area contributed by atoms with Crippen molar-refractivity contribution >= 4 is 27.9 Å². The zero-order valence-electron chi connectivity index (χ0n) is 18.0. The van der Waals surface area contributed by atoms with Gasteiger partial charge in [0.25, 0.3) is 5.56 Å². The summed E-state index contributed by atoms with van der Waals surface area (Å²) >= 11 is 0. The highest BCUT2D eigenvalue weighted by molar-refractivity contribution is 5.85. The van der Waals surface area contributed by atoms with E-state index in [-0.39, 0.29) is 11.1 Å². The highest BCUT2D eigenvalue weighted by Gasteiger charge is 2.27. The van der Waals surface area contributed by atoms with E-state index >= 15 is 0 Å². The lowest BCUT2D eigenvalue weighted by molar-refractivity contribution is 0.365. The Balaban J connectivity index is 1.43. The van der Waals surface area contributed by atoms with E-state index in [0.29, 0.717) is 22.9 Å². The van der Waals surface area contributed by atoms with E-state index in [1.165, 1.54) is 22.2 Å². The first-order valence-electron chi connectivity index (χ1n) is 10.6. The molecule has 1 aliphatic heterocycles. The quantitative estimate of drug-likeness (QED) is 0.528. The molecule has 7 heteroatoms. The lowest BCUT2D eigenvalue weighted by atomic mass is 9.87. The Kier molecular flexibility index (Phi) is 4.24. The predicted molar refractivity (Wildman–Crippen MR) is 120 cm³/mol. The molecule has 7 nitrogen and oxygen atoms in total. The molecule has 5 rings (SSSR count). The van der Waals surface area contributed by atoms with Gasteiger partial charge in [-0.1, -0.05) is 18.2 Å². The Bertz CT molecular complexity index is 1280. The van der Waals surface area contributed by atoms with Crippen LogP contribution in [0, 0.1) is 6.92 Å². The fraction of sp³-hybridized carbons (Fsp3) is 0.435. The van der Waals surface area contributed by atoms with Crippen molar-refractivity contribution in [2.45, 2.75) is 52.0 Å². The number of aryl methyl sites for hydroxylation is 1. The standard InChI is InChI=1S/C23H28N6O/c1-14-19(16-7-5-6-8-18(16)25-14)15-9-11-28(12-10-15)22-26-20-17(21(30)27-22)13-24-29(20)23(2,3)4/h5-8,13,15,25H,9-12H2,1-4H3,(H,26,27,30). The van der Waals surface area contributed by atoms with Crippen LogP contribution in [0.4, 0.5) is 5.95 Å². The maximum atomic E-state index is 12.6. The zero-order valence-corrected chi connectivity index (χ0v) is 18.0. The number of H-pyrrole nitrogens is 2. The molecule has 1 aromatic carbocycles. The molecule has 1 saturated heterocycles. The highest BCUT2D eigenvalue weighted by Crippen LogP contribution is 2.36. The monoisotopic (exact) mass is 404 g/mol. The molecule has 4 aromatic rings. The molecule has 2 N–H and O–H groups in total. The summed E-state index contributed by atoms with van der Waals surface area (Å²) in [5.41, 5.74) is 4.19. The number of hydrogen-bond acceptors (Lipinski definition) is 4. The Morgan fingerprint density at radius 3 is 2.53 bits per heavy atom. The van der Waals surface area contributed by atoms with E-state index in [4.69, 9.17) is 4.98 Å². The Morgan fingerprint density at radius 2 is 1.80 bits per heavy atom. The lowest BCUT2D eigenvalue weighted by Gasteiger charge is -2.32. The van der Waals surface area contributed by atoms with E-state index < -0.39 is 0 Å². The van der Waals surface area contributed by atoms with Crippen LogP contribution < -0.4 is 10.5 Å². The first-order chi connectivity index (χ1) is 14.3. The summed E-state index contributed by atoms with van der Waals surface area (Å²) in [4.78, 5) is 26.2. The Morgan fingerprint density at radius 1 is 1.07 bits per heavy atom. The number of hydrogen-bond donors (Lipinski definition) is 2. The lowest BCUT2D eigenvalue weighted by Crippen LogP contribution is -2.35. The number of rotatable bonds is 2. The Hall–Kier alpha value is -3.09. The van der Waals surface area contributed by atoms with E-state index in [1.54, 1.807) is 6.20 Å². The molecule has 0 bridgehead atoms. The van der Waals surface area contributed by atoms with Crippen molar-refractivity contribution in [3.05, 3.63) is 52.1 Å². The minimum atomic E-state index is -0.236. The molecule has 156 valence electrons. The van der Waals surface area contributed by atoms with Crippen molar-refractivity contribution in [2.75, 3.05) is 18.0 Å². The second-order valence-electron chi connectivity index (χ2n) is 9.32. The number of benzene rings is 1. The van der Waals surface area contributed by atoms with Gasteiger partial charge in [-0.2, -0.15) is 10.1 Å². The van der Waals surface area contributed by atoms with Gasteiger partial charge in [0.1, 0.15) is 5.39 Å². The number of nitrogens with zero attached hydrogens (tertiary/aromatic N) is 4. The van der Waals surface area contributed by atoms with Crippen LogP contribution in [0.25, 0.3) is 21.9 Å². The average molecular weight is 405 g/mol. The number of piperidine rings is 1. The van der Waals surface area contributed by atoms with E-state index in [1.807, 2.05) is 4.68 Å². The van der Waals surface area contributed by atoms with Gasteiger partial charge in [-0.25, -0.2) is 4.68 Å². The molecule has 0 atom stereocenters. The van der Waals surface area contributed by atoms with Gasteiger partial charge in [-0.05, 0) is 58.1 Å². The third kappa shape index (κ3) is 3.00. The molecule has 1 fully saturated rings. The first kappa shape index (κ1) is 18.9. The van der Waals surface area contributed by atoms with Crippen molar-refractivity contribution in [3.8, 4) is 0 Å². The van der Waals surface area contributed by atoms with Crippen LogP contribution in [0.3, 0.4) is 0 Å². The molecular weight excluding hydrogens is 376 g/mol. The summed E-state index contributed by atoms with van der Waals surface area (Å²) in [6, 6.07) is 8.53. The van der Waals surface area contributed by atoms with Gasteiger partial charge < -0.3 is 9.88 Å². The summed E-state index contributed by atoms with van der Waals surface area (Å²) in [6.45, 7) is 10.1. The van der Waals surface area contributed by atoms with Crippen molar-refractivity contribution in [2.24, 2.45) is 0 Å². The highest BCUT2D eigenvalue weighted by atomic mass is 16.1. The number of aromatic nitrogens is 5. The maximum absolute atomic E-state index is 12.6. The van der Waals surface area contributed by atoms with Crippen LogP contribution in [0.1, 0.15) is 50.8 Å². The molecule has 0 saturated carbocycles. The molecule has 3 aromatic heterocycles. The molecule has 30 heavy (non-hydrogen) atoms. The maximum Gasteiger partial charge on any atom is 0.263 e. The SMILES string of the molecule is Cc1[nH]c2ccccc2c1C1CCN(c2nc3c(cnn3C(C)(C)C)c(=O)[nH]2)CC1. The summed E-state index contributed by atoms with van der Waals surface area (Å²) in [6.07, 6.45) is 3.67. The van der Waals surface area contributed by atoms with Gasteiger partial charge >= 0.3 is 0 Å². The molecule has 0 spiro atoms. The van der Waals surface area contributed by atoms with E-state index in [2.05, 4.69) is 71.9 Å². The number of fused-ring (bicyclic) bond motifs is 2. The molecule has 0 aliphatic carbocycles. The van der Waals surface area contributed by atoms with Crippen molar-refractivity contribution in [1.29, 1.82) is 0 Å². The second kappa shape index (κ2) is 6.72. The number of aromatic amines is 2. The smallest absolute Gasteiger partial charge is 0.263 e. The van der Waals surface area contributed by atoms with Crippen LogP contribution in [-0.4, -0.2) is 37.8 Å². The molecule has 0 radical (unpaired) electrons. The van der Waals surface area contributed by atoms with Gasteiger partial charge in [0.05, 0.1) is 11.7 Å². The van der Waals surface area contributed by atoms with Crippen molar-refractivity contribution < 1.29 is 0 Å². The normalized spacial score (nSPS) is 16.1. The van der Waals surface area contributed by atoms with Gasteiger partial charge in [-0.15, -0.1) is 0 Å². The van der Waals surface area contributed by atoms with E-state index in [9.17, 15) is 4.79 Å². The van der Waals surface area contributed by atoms with Gasteiger partial charge in [0, 0.05) is 29.7 Å². The van der Waals surface area contributed by atoms with Gasteiger partial charge in [-0.3, -0.25) is 9.78 Å². The van der Waals surface area contributed by atoms with Crippen LogP contribution >= 0.6 is 0 Å². The average Bonchev–Trinajstić information content (AvgIpc) is 3.28. The van der Waals surface area contributed by atoms with Crippen LogP contribution in [0.5, 0.6) is 0 Å². The van der Waals surface area contributed by atoms with Crippen molar-refractivity contribution in [1.82, 2.24) is 24.7 Å². The largest absolute Gasteiger partial charge is 0.358 e. The van der Waals surface area contributed by atoms with Crippen LogP contribution in [0.2, 0.25) is 0 Å². The fourth-order valence-corrected chi connectivity index (χ4v) is 4.75. The molecule has 0 unspecified atom stereocenters. The molecule has 0 amide bonds. The molecule has 4 heterocycles. The van der Waals surface area contributed by atoms with E-state index in [0.717, 1.165) is 25.9 Å². The fourth-order valence-electron chi connectivity index (χ4n) is 4.75. The van der Waals surface area contributed by atoms with Crippen LogP contribution in [0.15, 0.2) is 35.3 Å². The summed E-state index contributed by atoms with van der Waals surface area (Å²) in [5, 5.41) is 6.28. The van der Waals surface area contributed by atoms with Gasteiger partial charge in [0.15, 0.2) is 5.65 Å². The minimum Gasteiger partial charge on any atom is -0.358 e. The minimum absolute atomic E-state index is 0.125. The summed E-state index contributed by atoms with van der Waals surface area (Å²) in [5.74, 6) is 1.15. The number of para-hydroxylation sites is 1. The predicted octanol–water partition coefficient (Wildman–Crippen LogP) is 4.05. The number of anilines is 1. The topological polar surface area (TPSA) is 82.6 Å². The first-order valence-corrected chi connectivity index (χ1v) is 10.6. The molecular formula is C23H28N6O. The third-order valence-corrected chi connectivity index (χ3v) is 6.21. The van der Waals surface area contributed by atoms with Crippen molar-refractivity contribution in [3.63, 3.8) is 0 Å². The third-order valence-electron chi connectivity index (χ3n) is 6.21. The van der Waals surface area contributed by atoms with Crippen LogP contribution in [-0.2, 0) is 5.54 Å². The second-order valence-corrected chi connectivity index (χ2v) is 9.32. The number of nitrogens with one attached hydrogen (secondary N) is 2. The summed E-state index contributed by atoms with van der Waals surface area (Å²) in [7, 11) is 0. The summed E-state index contributed by atoms with van der Waals surface area (Å²) < 4.78 is 1.84. The Labute approximate surface area is 175 Å². The van der Waals surface area contributed by atoms with Gasteiger partial charge in [0.2, 0.25) is 5.95 Å². The zero-order chi connectivity index (χ0) is 21.0.